The lowest BCUT2D eigenvalue weighted by Crippen LogP contribution is -2.06. The summed E-state index contributed by atoms with van der Waals surface area (Å²) in [6, 6.07) is 31.1. The van der Waals surface area contributed by atoms with Gasteiger partial charge in [0, 0.05) is 48.6 Å². The highest BCUT2D eigenvalue weighted by Crippen LogP contribution is 2.51. The molecule has 11 aromatic rings. The summed E-state index contributed by atoms with van der Waals surface area (Å²) < 4.78 is 5.03. The first kappa shape index (κ1) is 35.8. The van der Waals surface area contributed by atoms with Gasteiger partial charge in [-0.2, -0.15) is 5.26 Å². The Hall–Kier alpha value is -6.88. The number of rotatable bonds is 2. The summed E-state index contributed by atoms with van der Waals surface area (Å²) in [6.07, 6.45) is 8.50. The van der Waals surface area contributed by atoms with E-state index in [1.54, 1.807) is 0 Å². The predicted octanol–water partition coefficient (Wildman–Crippen LogP) is 15.4. The Morgan fingerprint density at radius 1 is 0.468 bits per heavy atom. The van der Waals surface area contributed by atoms with Gasteiger partial charge in [-0.1, -0.05) is 41.8 Å². The molecule has 62 heavy (non-hydrogen) atoms. The molecule has 2 aliphatic carbocycles. The van der Waals surface area contributed by atoms with Gasteiger partial charge in [-0.25, -0.2) is 4.85 Å². The topological polar surface area (TPSA) is 37.0 Å². The molecule has 0 spiro atoms. The Bertz CT molecular complexity index is 3640. The largest absolute Gasteiger partial charge is 0.309 e. The van der Waals surface area contributed by atoms with Crippen molar-refractivity contribution in [3.63, 3.8) is 0 Å². The van der Waals surface area contributed by atoms with Crippen LogP contribution in [-0.2, 0) is 25.7 Å². The summed E-state index contributed by atoms with van der Waals surface area (Å²) >= 11 is 0. The molecule has 7 aromatic carbocycles. The van der Waals surface area contributed by atoms with E-state index in [-0.39, 0.29) is 0 Å². The summed E-state index contributed by atoms with van der Waals surface area (Å²) in [6.45, 7) is 21.8. The zero-order valence-electron chi connectivity index (χ0n) is 36.4. The van der Waals surface area contributed by atoms with Crippen LogP contribution in [0.4, 0.5) is 5.69 Å². The van der Waals surface area contributed by atoms with Gasteiger partial charge >= 0.3 is 0 Å². The van der Waals surface area contributed by atoms with Crippen molar-refractivity contribution >= 4 is 81.9 Å². The van der Waals surface area contributed by atoms with E-state index in [2.05, 4.69) is 134 Å². The molecule has 0 fully saturated rings. The van der Waals surface area contributed by atoms with Crippen molar-refractivity contribution in [2.24, 2.45) is 0 Å². The molecule has 4 aromatic heterocycles. The first-order valence-corrected chi connectivity index (χ1v) is 22.6. The van der Waals surface area contributed by atoms with E-state index >= 15 is 0 Å². The smallest absolute Gasteiger partial charge is 0.192 e. The van der Waals surface area contributed by atoms with E-state index in [4.69, 9.17) is 6.57 Å². The van der Waals surface area contributed by atoms with Gasteiger partial charge in [0.2, 0.25) is 0 Å². The second-order valence-corrected chi connectivity index (χ2v) is 19.1. The van der Waals surface area contributed by atoms with Gasteiger partial charge in [-0.15, -0.1) is 0 Å². The maximum absolute atomic E-state index is 10.7. The maximum Gasteiger partial charge on any atom is 0.192 e. The van der Waals surface area contributed by atoms with Gasteiger partial charge in [0.05, 0.1) is 45.8 Å². The molecule has 0 N–H and O–H groups in total. The molecule has 4 heteroatoms. The highest BCUT2D eigenvalue weighted by atomic mass is 14.9. The van der Waals surface area contributed by atoms with Gasteiger partial charge in [-0.05, 0) is 202 Å². The molecule has 0 saturated carbocycles. The maximum atomic E-state index is 10.7. The first-order chi connectivity index (χ1) is 30.1. The lowest BCUT2D eigenvalue weighted by Gasteiger charge is -2.19. The lowest BCUT2D eigenvalue weighted by molar-refractivity contribution is 0.689. The zero-order chi connectivity index (χ0) is 42.0. The van der Waals surface area contributed by atoms with Crippen LogP contribution >= 0.6 is 0 Å². The van der Waals surface area contributed by atoms with Crippen LogP contribution < -0.4 is 0 Å². The zero-order valence-corrected chi connectivity index (χ0v) is 36.4. The van der Waals surface area contributed by atoms with Crippen LogP contribution in [0.1, 0.15) is 86.9 Å². The molecule has 0 saturated heterocycles. The molecule has 2 aliphatic rings. The summed E-state index contributed by atoms with van der Waals surface area (Å²) in [5.74, 6) is 0. The van der Waals surface area contributed by atoms with Crippen LogP contribution in [0.3, 0.4) is 0 Å². The van der Waals surface area contributed by atoms with Crippen molar-refractivity contribution in [3.8, 4) is 28.3 Å². The quantitative estimate of drug-likeness (QED) is 0.161. The number of aromatic nitrogens is 2. The number of benzene rings is 7. The summed E-state index contributed by atoms with van der Waals surface area (Å²) in [7, 11) is 0. The minimum Gasteiger partial charge on any atom is -0.309 e. The monoisotopic (exact) mass is 798 g/mol. The van der Waals surface area contributed by atoms with Crippen LogP contribution in [0.2, 0.25) is 0 Å². The predicted molar refractivity (Wildman–Crippen MR) is 259 cm³/mol. The van der Waals surface area contributed by atoms with Crippen molar-refractivity contribution in [1.82, 2.24) is 8.80 Å². The number of nitriles is 1. The van der Waals surface area contributed by atoms with E-state index < -0.39 is 0 Å². The molecule has 0 aliphatic heterocycles. The molecule has 0 bridgehead atoms. The molecule has 0 unspecified atom stereocenters. The number of fused-ring (bicyclic) bond motifs is 16. The van der Waals surface area contributed by atoms with Crippen molar-refractivity contribution in [1.29, 1.82) is 5.26 Å². The molecule has 0 atom stereocenters. The van der Waals surface area contributed by atoms with E-state index in [1.165, 1.54) is 143 Å². The Morgan fingerprint density at radius 2 is 0.887 bits per heavy atom. The number of hydrogen-bond acceptors (Lipinski definition) is 1. The normalized spacial score (nSPS) is 14.4. The molecular weight excluding hydrogens is 753 g/mol. The average Bonchev–Trinajstić information content (AvgIpc) is 3.97. The Kier molecular flexibility index (Phi) is 7.15. The van der Waals surface area contributed by atoms with Gasteiger partial charge in [0.25, 0.3) is 0 Å². The fourth-order valence-corrected chi connectivity index (χ4v) is 13.2. The number of hydrogen-bond donors (Lipinski definition) is 0. The highest BCUT2D eigenvalue weighted by Gasteiger charge is 2.29. The fourth-order valence-electron chi connectivity index (χ4n) is 13.2. The number of nitrogens with zero attached hydrogens (tertiary/aromatic N) is 4. The van der Waals surface area contributed by atoms with Crippen molar-refractivity contribution < 1.29 is 0 Å². The van der Waals surface area contributed by atoms with Crippen molar-refractivity contribution in [3.05, 3.63) is 145 Å². The van der Waals surface area contributed by atoms with E-state index in [1.807, 2.05) is 0 Å². The molecule has 298 valence electrons. The molecule has 0 amide bonds. The number of aryl methyl sites for hydroxylation is 8. The van der Waals surface area contributed by atoms with Gasteiger partial charge in [0.1, 0.15) is 0 Å². The van der Waals surface area contributed by atoms with E-state index in [9.17, 15) is 5.26 Å². The Balaban J connectivity index is 1.25. The van der Waals surface area contributed by atoms with Gasteiger partial charge < -0.3 is 8.80 Å². The fraction of sp³-hybridized carbons (Fsp3) is 0.241. The Morgan fingerprint density at radius 3 is 1.35 bits per heavy atom. The second-order valence-electron chi connectivity index (χ2n) is 19.1. The van der Waals surface area contributed by atoms with Crippen molar-refractivity contribution in [2.75, 3.05) is 0 Å². The SMILES string of the molecule is [C-]#[N+]c1cc2c(c3c1CCCC3)c1cc(-c3c(C)cc(C)cc3C)cc3c4cc5c(cc4n2c31)c1cc(-c2c(C)cc(C)cc2C)cc2c3c4c(c(C#N)cc3n5c12)CCCC4. The molecule has 4 heterocycles. The van der Waals surface area contributed by atoms with E-state index in [0.29, 0.717) is 0 Å². The first-order valence-electron chi connectivity index (χ1n) is 22.6. The Labute approximate surface area is 361 Å². The van der Waals surface area contributed by atoms with Crippen LogP contribution in [0.15, 0.2) is 72.8 Å². The highest BCUT2D eigenvalue weighted by molar-refractivity contribution is 6.31. The average molecular weight is 799 g/mol. The minimum absolute atomic E-state index is 0.810. The van der Waals surface area contributed by atoms with E-state index in [0.717, 1.165) is 73.7 Å². The minimum atomic E-state index is 0.810. The molecule has 13 rings (SSSR count). The molecular formula is C58H46N4. The molecule has 4 nitrogen and oxygen atoms in total. The summed E-state index contributed by atoms with van der Waals surface area (Å²) in [4.78, 5) is 4.20. The third kappa shape index (κ3) is 4.50. The van der Waals surface area contributed by atoms with Crippen molar-refractivity contribution in [2.45, 2.75) is 92.9 Å². The standard InChI is InChI=1S/C58H46N4/c1-29-16-31(3)53(32(4)17-29)35-20-44-42-26-50-43(25-49(42)61-51-24-37(28-59)38-12-8-10-14-40(38)55(51)46(22-35)57(44)61)45-21-36(54-33(5)18-30(2)19-34(54)6)23-47-56-41-15-11-9-13-39(41)48(60-7)27-52(56)62(50)58(45)47/h16-27H,8-15H2,1-6H3. The third-order valence-electron chi connectivity index (χ3n) is 15.3. The molecule has 0 radical (unpaired) electrons. The third-order valence-corrected chi connectivity index (χ3v) is 15.3. The second kappa shape index (κ2) is 12.4. The van der Waals surface area contributed by atoms with Crippen LogP contribution in [0.25, 0.3) is 103 Å². The van der Waals surface area contributed by atoms with Gasteiger partial charge in [-0.3, -0.25) is 0 Å². The van der Waals surface area contributed by atoms with Crippen LogP contribution in [-0.4, -0.2) is 8.80 Å². The summed E-state index contributed by atoms with van der Waals surface area (Å²) in [5.41, 5.74) is 27.0. The lowest BCUT2D eigenvalue weighted by atomic mass is 9.85. The van der Waals surface area contributed by atoms with Crippen LogP contribution in [0.5, 0.6) is 0 Å². The van der Waals surface area contributed by atoms with Crippen LogP contribution in [0, 0.1) is 59.4 Å². The summed E-state index contributed by atoms with van der Waals surface area (Å²) in [5, 5.41) is 20.9. The van der Waals surface area contributed by atoms with Gasteiger partial charge in [0.15, 0.2) is 5.69 Å².